The zero-order chi connectivity index (χ0) is 13.2. The van der Waals surface area contributed by atoms with Crippen LogP contribution in [0.3, 0.4) is 0 Å². The largest absolute Gasteiger partial charge is 0.463 e. The van der Waals surface area contributed by atoms with Crippen molar-refractivity contribution in [3.05, 3.63) is 36.0 Å². The summed E-state index contributed by atoms with van der Waals surface area (Å²) >= 11 is 0. The van der Waals surface area contributed by atoms with Crippen molar-refractivity contribution >= 4 is 22.8 Å². The highest BCUT2D eigenvalue weighted by molar-refractivity contribution is 5.88. The molecule has 98 valence electrons. The average Bonchev–Trinajstić information content (AvgIpc) is 2.98. The van der Waals surface area contributed by atoms with Gasteiger partial charge < -0.3 is 14.5 Å². The summed E-state index contributed by atoms with van der Waals surface area (Å²) in [7, 11) is 0. The molecule has 5 nitrogen and oxygen atoms in total. The van der Waals surface area contributed by atoms with Gasteiger partial charge in [-0.3, -0.25) is 4.79 Å². The number of nitrogens with one attached hydrogen (secondary N) is 1. The van der Waals surface area contributed by atoms with Crippen molar-refractivity contribution in [3.63, 3.8) is 0 Å². The van der Waals surface area contributed by atoms with Gasteiger partial charge in [0.1, 0.15) is 0 Å². The van der Waals surface area contributed by atoms with Crippen LogP contribution in [0.15, 0.2) is 30.5 Å². The molecular weight excluding hydrogens is 246 g/mol. The lowest BCUT2D eigenvalue weighted by atomic mass is 10.1. The van der Waals surface area contributed by atoms with Crippen molar-refractivity contribution in [3.8, 4) is 0 Å². The Morgan fingerprint density at radius 2 is 2.26 bits per heavy atom. The minimum absolute atomic E-state index is 0.147. The Hall–Kier alpha value is -2.30. The van der Waals surface area contributed by atoms with Crippen molar-refractivity contribution in [1.82, 2.24) is 4.98 Å². The van der Waals surface area contributed by atoms with Crippen LogP contribution >= 0.6 is 0 Å². The molecule has 0 aliphatic carbocycles. The molecule has 5 heteroatoms. The monoisotopic (exact) mass is 259 g/mol. The van der Waals surface area contributed by atoms with Crippen LogP contribution in [-0.2, 0) is 25.5 Å². The Morgan fingerprint density at radius 1 is 1.42 bits per heavy atom. The molecule has 1 aromatic carbocycles. The molecule has 0 amide bonds. The van der Waals surface area contributed by atoms with Gasteiger partial charge in [-0.1, -0.05) is 18.2 Å². The Bertz CT molecular complexity index is 631. The molecule has 1 fully saturated rings. The lowest BCUT2D eigenvalue weighted by Crippen LogP contribution is -2.23. The number of benzene rings is 1. The summed E-state index contributed by atoms with van der Waals surface area (Å²) in [4.78, 5) is 26.1. The first-order valence-electron chi connectivity index (χ1n) is 6.15. The number of hydrogen-bond acceptors (Lipinski definition) is 4. The molecule has 0 spiro atoms. The maximum atomic E-state index is 11.8. The van der Waals surface area contributed by atoms with Crippen LogP contribution in [-0.4, -0.2) is 29.6 Å². The van der Waals surface area contributed by atoms with Crippen molar-refractivity contribution in [2.75, 3.05) is 6.61 Å². The van der Waals surface area contributed by atoms with Crippen LogP contribution in [0.5, 0.6) is 0 Å². The number of hydrogen-bond donors (Lipinski definition) is 1. The molecule has 2 aromatic rings. The molecule has 3 rings (SSSR count). The van der Waals surface area contributed by atoms with E-state index in [9.17, 15) is 9.59 Å². The number of carbonyl (C=O) groups is 2. The Balaban J connectivity index is 1.71. The van der Waals surface area contributed by atoms with E-state index in [1.54, 1.807) is 6.20 Å². The fourth-order valence-electron chi connectivity index (χ4n) is 2.22. The SMILES string of the molecule is O=C(Cc1c[nH]c2ccccc12)O[C@@H]1CCOC1=O. The number of aromatic amines is 1. The van der Waals surface area contributed by atoms with Crippen molar-refractivity contribution < 1.29 is 19.1 Å². The summed E-state index contributed by atoms with van der Waals surface area (Å²) in [6, 6.07) is 7.73. The van der Waals surface area contributed by atoms with Crippen molar-refractivity contribution in [2.24, 2.45) is 0 Å². The topological polar surface area (TPSA) is 68.4 Å². The highest BCUT2D eigenvalue weighted by Crippen LogP contribution is 2.19. The molecule has 1 aromatic heterocycles. The number of H-pyrrole nitrogens is 1. The number of aromatic nitrogens is 1. The Morgan fingerprint density at radius 3 is 3.05 bits per heavy atom. The molecule has 1 atom stereocenters. The van der Waals surface area contributed by atoms with Gasteiger partial charge in [0.2, 0.25) is 6.10 Å². The lowest BCUT2D eigenvalue weighted by molar-refractivity contribution is -0.159. The van der Waals surface area contributed by atoms with Gasteiger partial charge in [-0.2, -0.15) is 0 Å². The van der Waals surface area contributed by atoms with Gasteiger partial charge in [0.15, 0.2) is 0 Å². The first-order valence-corrected chi connectivity index (χ1v) is 6.15. The van der Waals surface area contributed by atoms with E-state index < -0.39 is 18.0 Å². The van der Waals surface area contributed by atoms with Crippen LogP contribution < -0.4 is 0 Å². The van der Waals surface area contributed by atoms with E-state index in [0.29, 0.717) is 13.0 Å². The van der Waals surface area contributed by atoms with Crippen molar-refractivity contribution in [2.45, 2.75) is 18.9 Å². The van der Waals surface area contributed by atoms with Crippen LogP contribution in [0, 0.1) is 0 Å². The first kappa shape index (κ1) is 11.8. The second kappa shape index (κ2) is 4.76. The average molecular weight is 259 g/mol. The van der Waals surface area contributed by atoms with Gasteiger partial charge in [0.25, 0.3) is 0 Å². The normalized spacial score (nSPS) is 18.5. The summed E-state index contributed by atoms with van der Waals surface area (Å²) in [5, 5.41) is 0.994. The number of carbonyl (C=O) groups excluding carboxylic acids is 2. The zero-order valence-corrected chi connectivity index (χ0v) is 10.2. The van der Waals surface area contributed by atoms with Gasteiger partial charge in [-0.25, -0.2) is 4.79 Å². The molecule has 19 heavy (non-hydrogen) atoms. The lowest BCUT2D eigenvalue weighted by Gasteiger charge is -2.07. The van der Waals surface area contributed by atoms with Crippen LogP contribution in [0.2, 0.25) is 0 Å². The van der Waals surface area contributed by atoms with E-state index in [1.807, 2.05) is 24.3 Å². The second-order valence-corrected chi connectivity index (χ2v) is 4.47. The quantitative estimate of drug-likeness (QED) is 0.849. The summed E-state index contributed by atoms with van der Waals surface area (Å²) in [6.07, 6.45) is 1.64. The molecule has 0 saturated carbocycles. The van der Waals surface area contributed by atoms with Crippen LogP contribution in [0.1, 0.15) is 12.0 Å². The minimum Gasteiger partial charge on any atom is -0.463 e. The number of esters is 2. The third kappa shape index (κ3) is 2.31. The minimum atomic E-state index is -0.738. The highest BCUT2D eigenvalue weighted by atomic mass is 16.6. The number of cyclic esters (lactones) is 1. The predicted molar refractivity (Wildman–Crippen MR) is 67.5 cm³/mol. The molecule has 0 bridgehead atoms. The molecule has 1 saturated heterocycles. The number of para-hydroxylation sites is 1. The van der Waals surface area contributed by atoms with Gasteiger partial charge >= 0.3 is 11.9 Å². The number of rotatable bonds is 3. The molecular formula is C14H13NO4. The summed E-state index contributed by atoms with van der Waals surface area (Å²) in [5.74, 6) is -0.860. The van der Waals surface area contributed by atoms with Gasteiger partial charge in [0.05, 0.1) is 13.0 Å². The van der Waals surface area contributed by atoms with E-state index >= 15 is 0 Å². The molecule has 0 radical (unpaired) electrons. The van der Waals surface area contributed by atoms with Crippen molar-refractivity contribution in [1.29, 1.82) is 0 Å². The van der Waals surface area contributed by atoms with E-state index in [0.717, 1.165) is 16.5 Å². The van der Waals surface area contributed by atoms with E-state index in [-0.39, 0.29) is 6.42 Å². The molecule has 1 N–H and O–H groups in total. The molecule has 1 aliphatic heterocycles. The third-order valence-electron chi connectivity index (χ3n) is 3.17. The van der Waals surface area contributed by atoms with Crippen LogP contribution in [0.25, 0.3) is 10.9 Å². The Labute approximate surface area is 109 Å². The fourth-order valence-corrected chi connectivity index (χ4v) is 2.22. The smallest absolute Gasteiger partial charge is 0.347 e. The Kier molecular flexibility index (Phi) is 2.95. The summed E-state index contributed by atoms with van der Waals surface area (Å²) in [5.41, 5.74) is 1.84. The maximum absolute atomic E-state index is 11.8. The number of fused-ring (bicyclic) bond motifs is 1. The molecule has 0 unspecified atom stereocenters. The third-order valence-corrected chi connectivity index (χ3v) is 3.17. The van der Waals surface area contributed by atoms with Gasteiger partial charge in [-0.15, -0.1) is 0 Å². The summed E-state index contributed by atoms with van der Waals surface area (Å²) in [6.45, 7) is 0.323. The zero-order valence-electron chi connectivity index (χ0n) is 10.2. The van der Waals surface area contributed by atoms with Gasteiger partial charge in [-0.05, 0) is 11.6 Å². The number of ether oxygens (including phenoxy) is 2. The molecule has 2 heterocycles. The van der Waals surface area contributed by atoms with E-state index in [2.05, 4.69) is 4.98 Å². The fraction of sp³-hybridized carbons (Fsp3) is 0.286. The van der Waals surface area contributed by atoms with E-state index in [4.69, 9.17) is 9.47 Å². The van der Waals surface area contributed by atoms with Gasteiger partial charge in [0, 0.05) is 23.5 Å². The summed E-state index contributed by atoms with van der Waals surface area (Å²) < 4.78 is 9.87. The highest BCUT2D eigenvalue weighted by Gasteiger charge is 2.30. The molecule has 1 aliphatic rings. The predicted octanol–water partition coefficient (Wildman–Crippen LogP) is 1.57. The van der Waals surface area contributed by atoms with Crippen LogP contribution in [0.4, 0.5) is 0 Å². The van der Waals surface area contributed by atoms with E-state index in [1.165, 1.54) is 0 Å². The first-order chi connectivity index (χ1) is 9.24. The maximum Gasteiger partial charge on any atom is 0.347 e. The second-order valence-electron chi connectivity index (χ2n) is 4.47. The standard InChI is InChI=1S/C14H13NO4/c16-13(19-12-5-6-18-14(12)17)7-9-8-15-11-4-2-1-3-10(9)11/h1-4,8,12,15H,5-7H2/t12-/m1/s1.